The molecule has 3 fully saturated rings. The summed E-state index contributed by atoms with van der Waals surface area (Å²) in [6.07, 6.45) is 9.54. The maximum atomic E-state index is 13.4. The van der Waals surface area contributed by atoms with Gasteiger partial charge in [0, 0.05) is 31.8 Å². The van der Waals surface area contributed by atoms with Gasteiger partial charge in [0.2, 0.25) is 0 Å². The van der Waals surface area contributed by atoms with E-state index < -0.39 is 5.60 Å². The first-order chi connectivity index (χ1) is 18.1. The van der Waals surface area contributed by atoms with Crippen molar-refractivity contribution in [3.63, 3.8) is 0 Å². The Morgan fingerprint density at radius 2 is 1.70 bits per heavy atom. The minimum Gasteiger partial charge on any atom is -0.368 e. The van der Waals surface area contributed by atoms with Crippen LogP contribution in [0.2, 0.25) is 0 Å². The van der Waals surface area contributed by atoms with Crippen LogP contribution < -0.4 is 5.32 Å². The first kappa shape index (κ1) is 24.6. The Morgan fingerprint density at radius 1 is 1.03 bits per heavy atom. The molecule has 1 saturated carbocycles. The van der Waals surface area contributed by atoms with E-state index in [1.54, 1.807) is 7.11 Å². The van der Waals surface area contributed by atoms with Gasteiger partial charge in [-0.25, -0.2) is 4.98 Å². The number of hydrogen-bond acceptors (Lipinski definition) is 4. The fourth-order valence-corrected chi connectivity index (χ4v) is 7.49. The maximum Gasteiger partial charge on any atom is 0.252 e. The van der Waals surface area contributed by atoms with Gasteiger partial charge in [0.05, 0.1) is 17.1 Å². The molecule has 1 amide bonds. The third-order valence-corrected chi connectivity index (χ3v) is 9.40. The predicted octanol–water partition coefficient (Wildman–Crippen LogP) is 5.72. The summed E-state index contributed by atoms with van der Waals surface area (Å²) in [5.41, 5.74) is 2.90. The lowest BCUT2D eigenvalue weighted by atomic mass is 9.94. The third-order valence-electron chi connectivity index (χ3n) is 9.40. The fraction of sp³-hybridized carbons (Fsp3) is 0.548. The largest absolute Gasteiger partial charge is 0.368 e. The molecular formula is C31H40N4O2. The zero-order valence-corrected chi connectivity index (χ0v) is 22.2. The molecule has 2 bridgehead atoms. The van der Waals surface area contributed by atoms with Crippen LogP contribution >= 0.6 is 0 Å². The molecule has 1 aromatic heterocycles. The second-order valence-corrected chi connectivity index (χ2v) is 11.4. The number of ether oxygens (including phenoxy) is 1. The molecule has 0 spiro atoms. The molecule has 1 unspecified atom stereocenters. The standard InChI is InChI=1S/C31H40N4O2/c1-22-32-28-12-6-7-13-29(28)35(22)26-20-24-14-15-25(21-26)34(24)19-16-27(23-10-4-3-5-11-23)33-30(36)31(37-2)17-8-9-18-31/h3-7,10-13,24-27H,8-9,14-21H2,1-2H3,(H,33,36)/t24-,25+,26?,27-/m0/s1. The molecule has 2 saturated heterocycles. The number of imidazole rings is 1. The Bertz CT molecular complexity index is 1220. The maximum absolute atomic E-state index is 13.4. The van der Waals surface area contributed by atoms with Crippen molar-refractivity contribution in [3.8, 4) is 0 Å². The molecule has 1 N–H and O–H groups in total. The van der Waals surface area contributed by atoms with E-state index in [9.17, 15) is 4.79 Å². The zero-order valence-electron chi connectivity index (χ0n) is 22.2. The first-order valence-electron chi connectivity index (χ1n) is 14.2. The van der Waals surface area contributed by atoms with Crippen molar-refractivity contribution in [1.82, 2.24) is 19.8 Å². The van der Waals surface area contributed by atoms with Gasteiger partial charge in [-0.3, -0.25) is 9.69 Å². The van der Waals surface area contributed by atoms with Crippen molar-refractivity contribution >= 4 is 16.9 Å². The molecule has 2 aliphatic heterocycles. The predicted molar refractivity (Wildman–Crippen MR) is 146 cm³/mol. The van der Waals surface area contributed by atoms with Crippen molar-refractivity contribution in [2.45, 2.75) is 94.5 Å². The highest BCUT2D eigenvalue weighted by Gasteiger charge is 2.44. The summed E-state index contributed by atoms with van der Waals surface area (Å²) >= 11 is 0. The number of nitrogens with one attached hydrogen (secondary N) is 1. The zero-order chi connectivity index (χ0) is 25.4. The number of piperidine rings is 1. The van der Waals surface area contributed by atoms with E-state index in [0.29, 0.717) is 18.1 Å². The molecule has 3 aromatic rings. The van der Waals surface area contributed by atoms with Gasteiger partial charge in [-0.2, -0.15) is 0 Å². The number of aromatic nitrogens is 2. The Hall–Kier alpha value is -2.70. The summed E-state index contributed by atoms with van der Waals surface area (Å²) in [5.74, 6) is 1.19. The lowest BCUT2D eigenvalue weighted by Crippen LogP contribution is -2.49. The van der Waals surface area contributed by atoms with Crippen LogP contribution in [0.15, 0.2) is 54.6 Å². The average Bonchev–Trinajstić information content (AvgIpc) is 3.60. The van der Waals surface area contributed by atoms with E-state index in [2.05, 4.69) is 70.2 Å². The average molecular weight is 501 g/mol. The normalized spacial score (nSPS) is 25.9. The fourth-order valence-electron chi connectivity index (χ4n) is 7.49. The van der Waals surface area contributed by atoms with Crippen molar-refractivity contribution in [2.75, 3.05) is 13.7 Å². The molecule has 196 valence electrons. The summed E-state index contributed by atoms with van der Waals surface area (Å²) in [4.78, 5) is 21.0. The highest BCUT2D eigenvalue weighted by molar-refractivity contribution is 5.86. The van der Waals surface area contributed by atoms with Crippen LogP contribution in [-0.2, 0) is 9.53 Å². The van der Waals surface area contributed by atoms with E-state index in [1.807, 2.05) is 6.07 Å². The van der Waals surface area contributed by atoms with Crippen molar-refractivity contribution in [2.24, 2.45) is 0 Å². The summed E-state index contributed by atoms with van der Waals surface area (Å²) in [6.45, 7) is 3.16. The minimum atomic E-state index is -0.657. The number of methoxy groups -OCH3 is 1. The minimum absolute atomic E-state index is 0.00159. The summed E-state index contributed by atoms with van der Waals surface area (Å²) in [5, 5.41) is 3.41. The lowest BCUT2D eigenvalue weighted by molar-refractivity contribution is -0.143. The van der Waals surface area contributed by atoms with E-state index in [4.69, 9.17) is 9.72 Å². The van der Waals surface area contributed by atoms with Gasteiger partial charge in [-0.1, -0.05) is 42.5 Å². The number of aryl methyl sites for hydroxylation is 1. The number of benzene rings is 2. The Morgan fingerprint density at radius 3 is 2.41 bits per heavy atom. The second kappa shape index (κ2) is 10.2. The van der Waals surface area contributed by atoms with Crippen LogP contribution in [-0.4, -0.2) is 51.7 Å². The van der Waals surface area contributed by atoms with Gasteiger partial charge >= 0.3 is 0 Å². The van der Waals surface area contributed by atoms with Gasteiger partial charge in [0.15, 0.2) is 0 Å². The number of carbonyl (C=O) groups is 1. The van der Waals surface area contributed by atoms with Gasteiger partial charge in [0.25, 0.3) is 5.91 Å². The first-order valence-corrected chi connectivity index (χ1v) is 14.2. The quantitative estimate of drug-likeness (QED) is 0.430. The second-order valence-electron chi connectivity index (χ2n) is 11.4. The van der Waals surface area contributed by atoms with E-state index in [-0.39, 0.29) is 11.9 Å². The molecule has 6 nitrogen and oxygen atoms in total. The number of para-hydroxylation sites is 2. The number of nitrogens with zero attached hydrogens (tertiary/aromatic N) is 3. The van der Waals surface area contributed by atoms with E-state index >= 15 is 0 Å². The SMILES string of the molecule is COC1(C(=O)N[C@@H](CCN2[C@@H]3CC[C@H]2CC(n2c(C)nc4ccccc42)C3)c2ccccc2)CCCC1. The summed E-state index contributed by atoms with van der Waals surface area (Å²) < 4.78 is 8.29. The van der Waals surface area contributed by atoms with Crippen LogP contribution in [0, 0.1) is 6.92 Å². The highest BCUT2D eigenvalue weighted by Crippen LogP contribution is 2.43. The highest BCUT2D eigenvalue weighted by atomic mass is 16.5. The molecule has 2 aromatic carbocycles. The van der Waals surface area contributed by atoms with Crippen molar-refractivity contribution < 1.29 is 9.53 Å². The van der Waals surface area contributed by atoms with Gasteiger partial charge in [-0.15, -0.1) is 0 Å². The molecule has 3 aliphatic rings. The number of hydrogen-bond donors (Lipinski definition) is 1. The molecular weight excluding hydrogens is 460 g/mol. The van der Waals surface area contributed by atoms with Gasteiger partial charge in [-0.05, 0) is 82.4 Å². The van der Waals surface area contributed by atoms with Crippen LogP contribution in [0.3, 0.4) is 0 Å². The molecule has 37 heavy (non-hydrogen) atoms. The molecule has 3 heterocycles. The number of rotatable bonds is 8. The van der Waals surface area contributed by atoms with Crippen LogP contribution in [0.1, 0.15) is 81.3 Å². The Kier molecular flexibility index (Phi) is 6.80. The van der Waals surface area contributed by atoms with Gasteiger partial charge < -0.3 is 14.6 Å². The Balaban J connectivity index is 1.16. The number of fused-ring (bicyclic) bond motifs is 3. The third kappa shape index (κ3) is 4.59. The monoisotopic (exact) mass is 500 g/mol. The van der Waals surface area contributed by atoms with Gasteiger partial charge in [0.1, 0.15) is 11.4 Å². The molecule has 1 aliphatic carbocycles. The smallest absolute Gasteiger partial charge is 0.252 e. The van der Waals surface area contributed by atoms with Crippen LogP contribution in [0.4, 0.5) is 0 Å². The Labute approximate surface area is 220 Å². The topological polar surface area (TPSA) is 59.4 Å². The van der Waals surface area contributed by atoms with Crippen LogP contribution in [0.25, 0.3) is 11.0 Å². The number of carbonyl (C=O) groups excluding carboxylic acids is 1. The number of amides is 1. The summed E-state index contributed by atoms with van der Waals surface area (Å²) in [7, 11) is 1.69. The van der Waals surface area contributed by atoms with Crippen molar-refractivity contribution in [1.29, 1.82) is 0 Å². The van der Waals surface area contributed by atoms with Crippen LogP contribution in [0.5, 0.6) is 0 Å². The molecule has 4 atom stereocenters. The summed E-state index contributed by atoms with van der Waals surface area (Å²) in [6, 6.07) is 20.7. The lowest BCUT2D eigenvalue weighted by Gasteiger charge is -2.40. The van der Waals surface area contributed by atoms with Crippen molar-refractivity contribution in [3.05, 3.63) is 66.0 Å². The van der Waals surface area contributed by atoms with E-state index in [1.165, 1.54) is 36.8 Å². The molecule has 6 heteroatoms. The van der Waals surface area contributed by atoms with E-state index in [0.717, 1.165) is 50.0 Å². The molecule has 0 radical (unpaired) electrons. The molecule has 6 rings (SSSR count).